The van der Waals surface area contributed by atoms with E-state index in [1.165, 1.54) is 6.07 Å². The van der Waals surface area contributed by atoms with Gasteiger partial charge in [-0.1, -0.05) is 18.2 Å². The molecule has 0 aliphatic rings. The third kappa shape index (κ3) is 7.57. The van der Waals surface area contributed by atoms with Crippen LogP contribution in [0.4, 0.5) is 0 Å². The summed E-state index contributed by atoms with van der Waals surface area (Å²) >= 11 is 0. The zero-order valence-corrected chi connectivity index (χ0v) is 12.3. The van der Waals surface area contributed by atoms with Crippen LogP contribution in [0.2, 0.25) is 0 Å². The second kappa shape index (κ2) is 11.0. The summed E-state index contributed by atoms with van der Waals surface area (Å²) in [6, 6.07) is 11.0. The number of aromatic amines is 1. The van der Waals surface area contributed by atoms with Gasteiger partial charge in [0, 0.05) is 50.9 Å². The highest BCUT2D eigenvalue weighted by molar-refractivity contribution is 5.77. The molecule has 0 spiro atoms. The Balaban J connectivity index is 0.000000212. The van der Waals surface area contributed by atoms with E-state index in [-0.39, 0.29) is 5.56 Å². The molecule has 0 amide bonds. The molecule has 0 saturated heterocycles. The van der Waals surface area contributed by atoms with E-state index in [4.69, 9.17) is 11.5 Å². The highest BCUT2D eigenvalue weighted by Gasteiger charge is 1.89. The molecule has 0 aliphatic heterocycles. The van der Waals surface area contributed by atoms with Crippen molar-refractivity contribution in [1.29, 1.82) is 0 Å². The Morgan fingerprint density at radius 3 is 2.10 bits per heavy atom. The van der Waals surface area contributed by atoms with E-state index in [0.717, 1.165) is 37.1 Å². The topological polar surface area (TPSA) is 109 Å². The SMILES string of the molecule is NCCNCCNCCN.O=c1ccc2ccccc2[nH]1. The summed E-state index contributed by atoms with van der Waals surface area (Å²) in [5.74, 6) is 0. The van der Waals surface area contributed by atoms with E-state index in [1.54, 1.807) is 0 Å². The second-order valence-electron chi connectivity index (χ2n) is 4.49. The Hall–Kier alpha value is -1.73. The zero-order valence-electron chi connectivity index (χ0n) is 12.3. The average Bonchev–Trinajstić information content (AvgIpc) is 2.51. The molecule has 0 radical (unpaired) electrons. The zero-order chi connectivity index (χ0) is 15.3. The smallest absolute Gasteiger partial charge is 0.248 e. The molecule has 2 aromatic rings. The maximum atomic E-state index is 10.8. The monoisotopic (exact) mass is 291 g/mol. The number of nitrogens with two attached hydrogens (primary N) is 2. The lowest BCUT2D eigenvalue weighted by molar-refractivity contribution is 0.618. The summed E-state index contributed by atoms with van der Waals surface area (Å²) in [5.41, 5.74) is 11.4. The number of hydrogen-bond acceptors (Lipinski definition) is 5. The molecule has 21 heavy (non-hydrogen) atoms. The molecule has 1 aromatic carbocycles. The molecular formula is C15H25N5O. The van der Waals surface area contributed by atoms with Crippen molar-refractivity contribution in [3.8, 4) is 0 Å². The molecule has 6 nitrogen and oxygen atoms in total. The van der Waals surface area contributed by atoms with Gasteiger partial charge < -0.3 is 27.1 Å². The van der Waals surface area contributed by atoms with Crippen LogP contribution in [-0.2, 0) is 0 Å². The van der Waals surface area contributed by atoms with Crippen molar-refractivity contribution >= 4 is 10.9 Å². The molecule has 7 N–H and O–H groups in total. The van der Waals surface area contributed by atoms with Gasteiger partial charge in [-0.3, -0.25) is 4.79 Å². The van der Waals surface area contributed by atoms with Gasteiger partial charge in [-0.2, -0.15) is 0 Å². The van der Waals surface area contributed by atoms with Crippen LogP contribution in [0.1, 0.15) is 0 Å². The fourth-order valence-electron chi connectivity index (χ4n) is 1.73. The minimum atomic E-state index is -0.0521. The van der Waals surface area contributed by atoms with Crippen molar-refractivity contribution in [2.24, 2.45) is 11.5 Å². The Labute approximate surface area is 124 Å². The summed E-state index contributed by atoms with van der Waals surface area (Å²) in [5, 5.41) is 7.39. The van der Waals surface area contributed by atoms with Crippen LogP contribution in [0, 0.1) is 0 Å². The van der Waals surface area contributed by atoms with Crippen LogP contribution >= 0.6 is 0 Å². The molecule has 0 saturated carbocycles. The van der Waals surface area contributed by atoms with Gasteiger partial charge in [0.25, 0.3) is 0 Å². The van der Waals surface area contributed by atoms with Crippen molar-refractivity contribution in [2.45, 2.75) is 0 Å². The first-order valence-corrected chi connectivity index (χ1v) is 7.17. The highest BCUT2D eigenvalue weighted by Crippen LogP contribution is 2.06. The standard InChI is InChI=1S/C9H7NO.C6H18N4/c11-9-6-5-7-3-1-2-4-8(7)10-9;7-1-3-9-5-6-10-4-2-8/h1-6H,(H,10,11);9-10H,1-8H2. The fraction of sp³-hybridized carbons (Fsp3) is 0.400. The van der Waals surface area contributed by atoms with Gasteiger partial charge in [-0.15, -0.1) is 0 Å². The van der Waals surface area contributed by atoms with E-state index >= 15 is 0 Å². The van der Waals surface area contributed by atoms with Gasteiger partial charge in [0.2, 0.25) is 5.56 Å². The molecule has 0 aliphatic carbocycles. The van der Waals surface area contributed by atoms with Crippen molar-refractivity contribution < 1.29 is 0 Å². The Morgan fingerprint density at radius 1 is 0.857 bits per heavy atom. The van der Waals surface area contributed by atoms with E-state index in [1.807, 2.05) is 30.3 Å². The van der Waals surface area contributed by atoms with Crippen molar-refractivity contribution in [3.63, 3.8) is 0 Å². The number of nitrogens with one attached hydrogen (secondary N) is 3. The van der Waals surface area contributed by atoms with Gasteiger partial charge in [-0.05, 0) is 17.5 Å². The molecule has 116 valence electrons. The molecular weight excluding hydrogens is 266 g/mol. The third-order valence-corrected chi connectivity index (χ3v) is 2.75. The van der Waals surface area contributed by atoms with Gasteiger partial charge in [0.15, 0.2) is 0 Å². The lowest BCUT2D eigenvalue weighted by Crippen LogP contribution is -2.32. The first-order valence-electron chi connectivity index (χ1n) is 7.17. The summed E-state index contributed by atoms with van der Waals surface area (Å²) < 4.78 is 0. The number of benzene rings is 1. The maximum absolute atomic E-state index is 10.8. The molecule has 0 bridgehead atoms. The minimum Gasteiger partial charge on any atom is -0.329 e. The number of H-pyrrole nitrogens is 1. The minimum absolute atomic E-state index is 0.0521. The van der Waals surface area contributed by atoms with Crippen LogP contribution < -0.4 is 27.7 Å². The predicted molar refractivity (Wildman–Crippen MR) is 88.4 cm³/mol. The van der Waals surface area contributed by atoms with Crippen LogP contribution in [0.5, 0.6) is 0 Å². The summed E-state index contributed by atoms with van der Waals surface area (Å²) in [6.45, 7) is 5.14. The first-order chi connectivity index (χ1) is 10.3. The predicted octanol–water partition coefficient (Wildman–Crippen LogP) is -0.389. The Bertz CT molecular complexity index is 547. The van der Waals surface area contributed by atoms with Crippen LogP contribution in [0.3, 0.4) is 0 Å². The van der Waals surface area contributed by atoms with E-state index in [9.17, 15) is 4.79 Å². The molecule has 0 atom stereocenters. The van der Waals surface area contributed by atoms with Crippen molar-refractivity contribution in [2.75, 3.05) is 39.3 Å². The fourth-order valence-corrected chi connectivity index (χ4v) is 1.73. The van der Waals surface area contributed by atoms with E-state index in [2.05, 4.69) is 15.6 Å². The highest BCUT2D eigenvalue weighted by atomic mass is 16.1. The van der Waals surface area contributed by atoms with E-state index < -0.39 is 0 Å². The number of rotatable bonds is 7. The molecule has 1 aromatic heterocycles. The quantitative estimate of drug-likeness (QED) is 0.446. The Morgan fingerprint density at radius 2 is 1.48 bits per heavy atom. The molecule has 0 fully saturated rings. The summed E-state index contributed by atoms with van der Waals surface area (Å²) in [4.78, 5) is 13.6. The largest absolute Gasteiger partial charge is 0.329 e. The second-order valence-corrected chi connectivity index (χ2v) is 4.49. The average molecular weight is 291 g/mol. The molecule has 2 rings (SSSR count). The van der Waals surface area contributed by atoms with Gasteiger partial charge in [-0.25, -0.2) is 0 Å². The maximum Gasteiger partial charge on any atom is 0.248 e. The van der Waals surface area contributed by atoms with Crippen LogP contribution in [0.25, 0.3) is 10.9 Å². The lowest BCUT2D eigenvalue weighted by Gasteiger charge is -2.03. The van der Waals surface area contributed by atoms with Crippen molar-refractivity contribution in [1.82, 2.24) is 15.6 Å². The van der Waals surface area contributed by atoms with Gasteiger partial charge in [0.05, 0.1) is 0 Å². The number of aromatic nitrogens is 1. The van der Waals surface area contributed by atoms with Crippen LogP contribution in [0.15, 0.2) is 41.2 Å². The molecule has 0 unspecified atom stereocenters. The number of para-hydroxylation sites is 1. The van der Waals surface area contributed by atoms with E-state index in [0.29, 0.717) is 13.1 Å². The lowest BCUT2D eigenvalue weighted by atomic mass is 10.2. The summed E-state index contributed by atoms with van der Waals surface area (Å²) in [7, 11) is 0. The normalized spacial score (nSPS) is 10.2. The van der Waals surface area contributed by atoms with Crippen molar-refractivity contribution in [3.05, 3.63) is 46.8 Å². The first kappa shape index (κ1) is 17.3. The number of hydrogen-bond donors (Lipinski definition) is 5. The van der Waals surface area contributed by atoms with Gasteiger partial charge in [0.1, 0.15) is 0 Å². The Kier molecular flexibility index (Phi) is 9.06. The third-order valence-electron chi connectivity index (χ3n) is 2.75. The summed E-state index contributed by atoms with van der Waals surface area (Å²) in [6.07, 6.45) is 0. The number of fused-ring (bicyclic) bond motifs is 1. The van der Waals surface area contributed by atoms with Gasteiger partial charge >= 0.3 is 0 Å². The molecule has 6 heteroatoms. The molecule has 1 heterocycles. The van der Waals surface area contributed by atoms with Crippen LogP contribution in [-0.4, -0.2) is 44.3 Å². The number of pyridine rings is 1.